The van der Waals surface area contributed by atoms with Crippen LogP contribution in [0.1, 0.15) is 63.2 Å². The van der Waals surface area contributed by atoms with Crippen LogP contribution in [-0.4, -0.2) is 48.3 Å². The molecule has 1 aliphatic carbocycles. The van der Waals surface area contributed by atoms with Gasteiger partial charge in [0.15, 0.2) is 0 Å². The summed E-state index contributed by atoms with van der Waals surface area (Å²) in [7, 11) is 0. The Morgan fingerprint density at radius 3 is 2.78 bits per heavy atom. The molecule has 0 aromatic heterocycles. The van der Waals surface area contributed by atoms with Crippen LogP contribution in [0, 0.1) is 5.92 Å². The first-order chi connectivity index (χ1) is 17.9. The molecule has 2 saturated heterocycles. The molecule has 0 saturated carbocycles. The summed E-state index contributed by atoms with van der Waals surface area (Å²) in [5.41, 5.74) is 2.66. The zero-order chi connectivity index (χ0) is 25.7. The number of hydrogen-bond donors (Lipinski definition) is 1. The van der Waals surface area contributed by atoms with E-state index in [0.29, 0.717) is 36.3 Å². The lowest BCUT2D eigenvalue weighted by molar-refractivity contribution is -0.162. The van der Waals surface area contributed by atoms with Crippen LogP contribution in [0.15, 0.2) is 41.7 Å². The number of fused-ring (bicyclic) bond motifs is 4. The monoisotopic (exact) mass is 508 g/mol. The molecule has 0 amide bonds. The minimum Gasteiger partial charge on any atom is -0.462 e. The molecule has 0 bridgehead atoms. The molecule has 8 heteroatoms. The van der Waals surface area contributed by atoms with Gasteiger partial charge in [0.05, 0.1) is 31.0 Å². The summed E-state index contributed by atoms with van der Waals surface area (Å²) < 4.78 is 29.8. The quantitative estimate of drug-likeness (QED) is 0.462. The van der Waals surface area contributed by atoms with Crippen molar-refractivity contribution in [1.82, 2.24) is 0 Å². The smallest absolute Gasteiger partial charge is 0.462 e. The fourth-order valence-corrected chi connectivity index (χ4v) is 6.48. The third kappa shape index (κ3) is 4.62. The second-order valence-corrected chi connectivity index (χ2v) is 10.6. The second-order valence-electron chi connectivity index (χ2n) is 10.6. The Hall–Kier alpha value is -2.94. The molecule has 37 heavy (non-hydrogen) atoms. The average Bonchev–Trinajstić information content (AvgIpc) is 3.17. The zero-order valence-electron chi connectivity index (χ0n) is 21.1. The standard InChI is InChI=1S/C29H32O8/c1-15-7-8-23-24(33-15)11-19-10-18-9-17-5-3-4-6-22(17)26(28(18)37-29(32)36-27(19)23)25-13-20(34-16(2)31)12-21(14-30)35-25/h3-6,9,15,20-21,23-25,30H,7-8,10-14H2,1-2H3/t15-,20?,21?,23?,24?,25?/m0/s1. The highest BCUT2D eigenvalue weighted by Crippen LogP contribution is 2.48. The average molecular weight is 509 g/mol. The van der Waals surface area contributed by atoms with Crippen molar-refractivity contribution in [3.8, 4) is 5.75 Å². The number of ether oxygens (including phenoxy) is 5. The number of aliphatic hydroxyl groups is 1. The van der Waals surface area contributed by atoms with E-state index < -0.39 is 24.5 Å². The van der Waals surface area contributed by atoms with Gasteiger partial charge in [-0.3, -0.25) is 4.79 Å². The first kappa shape index (κ1) is 24.4. The first-order valence-electron chi connectivity index (χ1n) is 13.1. The fourth-order valence-electron chi connectivity index (χ4n) is 6.48. The van der Waals surface area contributed by atoms with Gasteiger partial charge < -0.3 is 28.8 Å². The summed E-state index contributed by atoms with van der Waals surface area (Å²) in [6, 6.07) is 9.96. The number of carbonyl (C=O) groups excluding carboxylic acids is 2. The van der Waals surface area contributed by atoms with Crippen molar-refractivity contribution in [2.75, 3.05) is 6.61 Å². The lowest BCUT2D eigenvalue weighted by atomic mass is 9.88. The van der Waals surface area contributed by atoms with Crippen molar-refractivity contribution < 1.29 is 38.4 Å². The molecule has 3 heterocycles. The lowest BCUT2D eigenvalue weighted by Crippen LogP contribution is -2.36. The summed E-state index contributed by atoms with van der Waals surface area (Å²) >= 11 is 0. The van der Waals surface area contributed by atoms with E-state index in [-0.39, 0.29) is 30.7 Å². The Kier molecular flexibility index (Phi) is 6.42. The van der Waals surface area contributed by atoms with Gasteiger partial charge in [0.2, 0.25) is 0 Å². The van der Waals surface area contributed by atoms with Crippen LogP contribution in [0.4, 0.5) is 4.79 Å². The molecule has 2 aromatic rings. The van der Waals surface area contributed by atoms with Crippen molar-refractivity contribution in [3.63, 3.8) is 0 Å². The van der Waals surface area contributed by atoms with Gasteiger partial charge in [-0.15, -0.1) is 0 Å². The van der Waals surface area contributed by atoms with Gasteiger partial charge in [-0.05, 0) is 48.6 Å². The Morgan fingerprint density at radius 1 is 1.14 bits per heavy atom. The molecule has 8 nitrogen and oxygen atoms in total. The zero-order valence-corrected chi connectivity index (χ0v) is 21.1. The number of carbonyl (C=O) groups is 2. The van der Waals surface area contributed by atoms with Gasteiger partial charge in [-0.1, -0.05) is 24.3 Å². The molecule has 1 N–H and O–H groups in total. The molecule has 2 fully saturated rings. The van der Waals surface area contributed by atoms with Gasteiger partial charge >= 0.3 is 12.1 Å². The Bertz CT molecular complexity index is 1270. The van der Waals surface area contributed by atoms with Crippen LogP contribution < -0.4 is 4.74 Å². The molecule has 5 unspecified atom stereocenters. The third-order valence-electron chi connectivity index (χ3n) is 7.99. The van der Waals surface area contributed by atoms with Crippen molar-refractivity contribution >= 4 is 22.9 Å². The highest BCUT2D eigenvalue weighted by atomic mass is 16.7. The number of hydrogen-bond acceptors (Lipinski definition) is 8. The number of aliphatic hydroxyl groups excluding tert-OH is 1. The predicted octanol–water partition coefficient (Wildman–Crippen LogP) is 4.90. The number of rotatable bonds is 3. The predicted molar refractivity (Wildman–Crippen MR) is 133 cm³/mol. The van der Waals surface area contributed by atoms with Gasteiger partial charge in [-0.2, -0.15) is 0 Å². The van der Waals surface area contributed by atoms with E-state index in [1.165, 1.54) is 6.92 Å². The summed E-state index contributed by atoms with van der Waals surface area (Å²) in [4.78, 5) is 24.8. The lowest BCUT2D eigenvalue weighted by Gasteiger charge is -2.36. The van der Waals surface area contributed by atoms with E-state index in [1.807, 2.05) is 24.3 Å². The molecule has 0 spiro atoms. The maximum atomic E-state index is 13.1. The molecule has 0 radical (unpaired) electrons. The molecule has 6 rings (SSSR count). The van der Waals surface area contributed by atoms with E-state index in [0.717, 1.165) is 41.2 Å². The first-order valence-corrected chi connectivity index (χ1v) is 13.1. The number of esters is 1. The summed E-state index contributed by atoms with van der Waals surface area (Å²) in [6.45, 7) is 3.25. The van der Waals surface area contributed by atoms with Crippen molar-refractivity contribution in [2.45, 2.75) is 82.9 Å². The molecular weight excluding hydrogens is 476 g/mol. The Labute approximate surface area is 215 Å². The van der Waals surface area contributed by atoms with Gasteiger partial charge in [-0.25, -0.2) is 4.79 Å². The van der Waals surface area contributed by atoms with E-state index in [9.17, 15) is 14.7 Å². The second kappa shape index (κ2) is 9.74. The maximum absolute atomic E-state index is 13.1. The molecule has 2 aromatic carbocycles. The topological polar surface area (TPSA) is 101 Å². The van der Waals surface area contributed by atoms with Crippen LogP contribution in [-0.2, 0) is 30.2 Å². The fraction of sp³-hybridized carbons (Fsp3) is 0.517. The minimum atomic E-state index is -0.768. The molecular formula is C29H32O8. The van der Waals surface area contributed by atoms with E-state index in [2.05, 4.69) is 13.0 Å². The van der Waals surface area contributed by atoms with E-state index in [4.69, 9.17) is 23.7 Å². The van der Waals surface area contributed by atoms with E-state index >= 15 is 0 Å². The van der Waals surface area contributed by atoms with Gasteiger partial charge in [0, 0.05) is 43.2 Å². The van der Waals surface area contributed by atoms with Crippen molar-refractivity contribution in [3.05, 3.63) is 52.8 Å². The van der Waals surface area contributed by atoms with E-state index in [1.54, 1.807) is 0 Å². The Balaban J connectivity index is 1.45. The number of benzene rings is 2. The summed E-state index contributed by atoms with van der Waals surface area (Å²) in [5.74, 6) is 0.807. The normalized spacial score (nSPS) is 31.4. The highest BCUT2D eigenvalue weighted by Gasteiger charge is 2.43. The van der Waals surface area contributed by atoms with Crippen LogP contribution in [0.5, 0.6) is 5.75 Å². The summed E-state index contributed by atoms with van der Waals surface area (Å²) in [6.07, 6.45) is 1.89. The van der Waals surface area contributed by atoms with Crippen LogP contribution >= 0.6 is 0 Å². The summed E-state index contributed by atoms with van der Waals surface area (Å²) in [5, 5.41) is 11.8. The molecule has 3 aliphatic heterocycles. The van der Waals surface area contributed by atoms with Gasteiger partial charge in [0.25, 0.3) is 0 Å². The largest absolute Gasteiger partial charge is 0.519 e. The third-order valence-corrected chi connectivity index (χ3v) is 7.99. The van der Waals surface area contributed by atoms with Crippen LogP contribution in [0.2, 0.25) is 0 Å². The Morgan fingerprint density at radius 2 is 1.97 bits per heavy atom. The van der Waals surface area contributed by atoms with Crippen molar-refractivity contribution in [1.29, 1.82) is 0 Å². The minimum absolute atomic E-state index is 0.0134. The highest BCUT2D eigenvalue weighted by molar-refractivity contribution is 5.90. The molecule has 4 aliphatic rings. The van der Waals surface area contributed by atoms with Crippen LogP contribution in [0.3, 0.4) is 0 Å². The molecule has 6 atom stereocenters. The van der Waals surface area contributed by atoms with Crippen molar-refractivity contribution in [2.24, 2.45) is 5.92 Å². The van der Waals surface area contributed by atoms with Gasteiger partial charge in [0.1, 0.15) is 17.6 Å². The molecule has 196 valence electrons. The SMILES string of the molecule is CC(=O)OC1CC(CO)OC(c2c3c(cc4ccccc24)CC2=C(OC(=O)O3)C3CC[C@H](C)OC3C2)C1. The van der Waals surface area contributed by atoms with Crippen LogP contribution in [0.25, 0.3) is 10.8 Å². The maximum Gasteiger partial charge on any atom is 0.519 e.